The molecule has 0 saturated carbocycles. The normalized spacial score (nSPS) is 10.3. The average Bonchev–Trinajstić information content (AvgIpc) is 2.47. The molecule has 1 heterocycles. The van der Waals surface area contributed by atoms with E-state index in [0.29, 0.717) is 4.68 Å². The van der Waals surface area contributed by atoms with Gasteiger partial charge >= 0.3 is 11.4 Å². The number of nitro groups is 2. The van der Waals surface area contributed by atoms with Crippen molar-refractivity contribution in [1.82, 2.24) is 9.78 Å². The molecule has 0 radical (unpaired) electrons. The zero-order valence-electron chi connectivity index (χ0n) is 10.9. The van der Waals surface area contributed by atoms with Crippen molar-refractivity contribution in [2.75, 3.05) is 0 Å². The molecule has 0 bridgehead atoms. The van der Waals surface area contributed by atoms with Crippen LogP contribution in [-0.4, -0.2) is 19.6 Å². The Morgan fingerprint density at radius 3 is 2.27 bits per heavy atom. The van der Waals surface area contributed by atoms with Gasteiger partial charge in [-0.1, -0.05) is 11.6 Å². The van der Waals surface area contributed by atoms with Crippen molar-refractivity contribution in [2.45, 2.75) is 0 Å². The Morgan fingerprint density at radius 2 is 1.77 bits per heavy atom. The predicted molar refractivity (Wildman–Crippen MR) is 74.3 cm³/mol. The van der Waals surface area contributed by atoms with Crippen LogP contribution in [-0.2, 0) is 7.05 Å². The second kappa shape index (κ2) is 5.77. The Morgan fingerprint density at radius 1 is 1.18 bits per heavy atom. The number of ether oxygens (including phenoxy) is 1. The lowest BCUT2D eigenvalue weighted by molar-refractivity contribution is -0.390. The van der Waals surface area contributed by atoms with E-state index in [9.17, 15) is 25.0 Å². The minimum atomic E-state index is -0.857. The van der Waals surface area contributed by atoms with E-state index >= 15 is 0 Å². The maximum atomic E-state index is 11.9. The summed E-state index contributed by atoms with van der Waals surface area (Å²) >= 11 is 5.76. The van der Waals surface area contributed by atoms with Crippen molar-refractivity contribution < 1.29 is 14.6 Å². The highest BCUT2D eigenvalue weighted by Crippen LogP contribution is 2.32. The molecule has 1 aromatic carbocycles. The smallest absolute Gasteiger partial charge is 0.411 e. The van der Waals surface area contributed by atoms with Crippen LogP contribution >= 0.6 is 11.6 Å². The average molecular weight is 327 g/mol. The number of nitro benzene ring substituents is 1. The lowest BCUT2D eigenvalue weighted by Gasteiger charge is -2.06. The van der Waals surface area contributed by atoms with Crippen LogP contribution < -0.4 is 10.3 Å². The third-order valence-electron chi connectivity index (χ3n) is 2.57. The molecule has 0 spiro atoms. The fourth-order valence-electron chi connectivity index (χ4n) is 1.53. The fraction of sp³-hybridized carbons (Fsp3) is 0.0909. The van der Waals surface area contributed by atoms with E-state index < -0.39 is 32.0 Å². The predicted octanol–water partition coefficient (Wildman–Crippen LogP) is 2.04. The van der Waals surface area contributed by atoms with E-state index in [0.717, 1.165) is 12.1 Å². The van der Waals surface area contributed by atoms with Gasteiger partial charge in [-0.15, -0.1) is 4.68 Å². The standard InChI is InChI=1S/C11H7ClN4O6/c1-14-11(17)9(8(12)10(13-14)16(20)21)22-7-4-2-6(3-5-7)15(18)19/h2-5H,1H3. The molecule has 10 nitrogen and oxygen atoms in total. The van der Waals surface area contributed by atoms with Crippen molar-refractivity contribution in [3.05, 3.63) is 59.9 Å². The first-order valence-corrected chi connectivity index (χ1v) is 6.02. The van der Waals surface area contributed by atoms with E-state index in [1.807, 2.05) is 0 Å². The first kappa shape index (κ1) is 15.4. The molecule has 22 heavy (non-hydrogen) atoms. The summed E-state index contributed by atoms with van der Waals surface area (Å²) in [6, 6.07) is 4.78. The number of nitrogens with zero attached hydrogens (tertiary/aromatic N) is 4. The van der Waals surface area contributed by atoms with Crippen LogP contribution in [0, 0.1) is 20.2 Å². The summed E-state index contributed by atoms with van der Waals surface area (Å²) in [5.41, 5.74) is -0.957. The lowest BCUT2D eigenvalue weighted by atomic mass is 10.3. The van der Waals surface area contributed by atoms with E-state index in [1.165, 1.54) is 19.2 Å². The largest absolute Gasteiger partial charge is 0.449 e. The maximum Gasteiger partial charge on any atom is 0.411 e. The van der Waals surface area contributed by atoms with Gasteiger partial charge in [0.2, 0.25) is 5.75 Å². The number of rotatable bonds is 4. The minimum absolute atomic E-state index is 0.0603. The van der Waals surface area contributed by atoms with Crippen LogP contribution in [0.3, 0.4) is 0 Å². The Labute approximate surface area is 126 Å². The molecule has 1 aromatic heterocycles. The van der Waals surface area contributed by atoms with Gasteiger partial charge in [0.1, 0.15) is 5.75 Å². The molecule has 0 atom stereocenters. The van der Waals surface area contributed by atoms with Gasteiger partial charge in [0.25, 0.3) is 5.69 Å². The summed E-state index contributed by atoms with van der Waals surface area (Å²) in [6.45, 7) is 0. The summed E-state index contributed by atoms with van der Waals surface area (Å²) < 4.78 is 5.93. The van der Waals surface area contributed by atoms with Gasteiger partial charge in [0, 0.05) is 12.1 Å². The topological polar surface area (TPSA) is 130 Å². The van der Waals surface area contributed by atoms with Crippen LogP contribution in [0.4, 0.5) is 11.5 Å². The number of non-ortho nitro benzene ring substituents is 1. The highest BCUT2D eigenvalue weighted by atomic mass is 35.5. The molecule has 0 N–H and O–H groups in total. The summed E-state index contributed by atoms with van der Waals surface area (Å²) in [5.74, 6) is -1.16. The zero-order chi connectivity index (χ0) is 16.4. The van der Waals surface area contributed by atoms with Crippen molar-refractivity contribution in [1.29, 1.82) is 0 Å². The molecule has 0 amide bonds. The minimum Gasteiger partial charge on any atom is -0.449 e. The van der Waals surface area contributed by atoms with Crippen LogP contribution in [0.1, 0.15) is 0 Å². The first-order valence-electron chi connectivity index (χ1n) is 5.64. The van der Waals surface area contributed by atoms with Gasteiger partial charge in [0.05, 0.1) is 17.1 Å². The molecule has 114 valence electrons. The summed E-state index contributed by atoms with van der Waals surface area (Å²) in [7, 11) is 1.20. The van der Waals surface area contributed by atoms with E-state index in [4.69, 9.17) is 16.3 Å². The van der Waals surface area contributed by atoms with Gasteiger partial charge in [-0.3, -0.25) is 14.9 Å². The van der Waals surface area contributed by atoms with Gasteiger partial charge in [-0.2, -0.15) is 0 Å². The summed E-state index contributed by atoms with van der Waals surface area (Å²) in [4.78, 5) is 31.8. The maximum absolute atomic E-state index is 11.9. The fourth-order valence-corrected chi connectivity index (χ4v) is 1.76. The van der Waals surface area contributed by atoms with Crippen LogP contribution in [0.15, 0.2) is 29.1 Å². The van der Waals surface area contributed by atoms with Gasteiger partial charge in [-0.25, -0.2) is 0 Å². The number of halogens is 1. The van der Waals surface area contributed by atoms with Gasteiger partial charge < -0.3 is 14.9 Å². The molecule has 0 aliphatic carbocycles. The number of hydrogen-bond acceptors (Lipinski definition) is 7. The van der Waals surface area contributed by atoms with Gasteiger partial charge in [-0.05, 0) is 17.1 Å². The quantitative estimate of drug-likeness (QED) is 0.620. The summed E-state index contributed by atoms with van der Waals surface area (Å²) in [6.07, 6.45) is 0. The third kappa shape index (κ3) is 2.86. The Hall–Kier alpha value is -3.01. The van der Waals surface area contributed by atoms with E-state index in [-0.39, 0.29) is 11.4 Å². The number of aromatic nitrogens is 2. The van der Waals surface area contributed by atoms with Crippen LogP contribution in [0.25, 0.3) is 0 Å². The molecule has 11 heteroatoms. The zero-order valence-corrected chi connectivity index (χ0v) is 11.7. The number of hydrogen-bond donors (Lipinski definition) is 0. The molecule has 0 aliphatic heterocycles. The van der Waals surface area contributed by atoms with Crippen LogP contribution in [0.2, 0.25) is 5.02 Å². The van der Waals surface area contributed by atoms with Crippen molar-refractivity contribution in [2.24, 2.45) is 7.05 Å². The molecule has 0 aliphatic rings. The van der Waals surface area contributed by atoms with E-state index in [2.05, 4.69) is 5.10 Å². The first-order chi connectivity index (χ1) is 10.3. The molecular weight excluding hydrogens is 320 g/mol. The third-order valence-corrected chi connectivity index (χ3v) is 2.91. The Bertz CT molecular complexity index is 817. The van der Waals surface area contributed by atoms with E-state index in [1.54, 1.807) is 0 Å². The Balaban J connectivity index is 2.47. The van der Waals surface area contributed by atoms with Gasteiger partial charge in [0.15, 0.2) is 5.02 Å². The highest BCUT2D eigenvalue weighted by molar-refractivity contribution is 6.33. The van der Waals surface area contributed by atoms with Crippen molar-refractivity contribution in [3.8, 4) is 11.5 Å². The lowest BCUT2D eigenvalue weighted by Crippen LogP contribution is -2.22. The second-order valence-electron chi connectivity index (χ2n) is 4.01. The van der Waals surface area contributed by atoms with Crippen molar-refractivity contribution in [3.63, 3.8) is 0 Å². The Kier molecular flexibility index (Phi) is 4.04. The molecule has 2 aromatic rings. The number of aryl methyl sites for hydroxylation is 1. The molecule has 0 saturated heterocycles. The second-order valence-corrected chi connectivity index (χ2v) is 4.38. The molecule has 0 unspecified atom stereocenters. The van der Waals surface area contributed by atoms with Crippen molar-refractivity contribution >= 4 is 23.1 Å². The van der Waals surface area contributed by atoms with Crippen LogP contribution in [0.5, 0.6) is 11.5 Å². The highest BCUT2D eigenvalue weighted by Gasteiger charge is 2.25. The SMILES string of the molecule is Cn1nc([N+](=O)[O-])c(Cl)c(Oc2ccc([N+](=O)[O-])cc2)c1=O. The molecular formula is C11H7ClN4O6. The molecule has 2 rings (SSSR count). The monoisotopic (exact) mass is 326 g/mol. The number of benzene rings is 1. The molecule has 0 fully saturated rings. The summed E-state index contributed by atoms with van der Waals surface area (Å²) in [5, 5.41) is 24.2.